The summed E-state index contributed by atoms with van der Waals surface area (Å²) in [4.78, 5) is 22.8. The van der Waals surface area contributed by atoms with Crippen LogP contribution in [-0.4, -0.2) is 26.8 Å². The van der Waals surface area contributed by atoms with Crippen molar-refractivity contribution in [2.75, 3.05) is 11.1 Å². The van der Waals surface area contributed by atoms with Crippen molar-refractivity contribution in [1.82, 2.24) is 10.2 Å². The van der Waals surface area contributed by atoms with E-state index in [2.05, 4.69) is 15.5 Å². The normalized spacial score (nSPS) is 10.6. The molecule has 0 unspecified atom stereocenters. The number of carbonyl (C=O) groups excluding carboxylic acids is 1. The standard InChI is InChI=1S/C20H20N4O5S/c1-12-4-7-16(17(8-12)24(26)27)21-18(25)11-30-20-23-22-19(29-20)10-28-15-6-5-13(2)14(3)9-15/h4-9H,10-11H2,1-3H3,(H,21,25). The smallest absolute Gasteiger partial charge is 0.293 e. The van der Waals surface area contributed by atoms with Crippen LogP contribution in [0.1, 0.15) is 22.6 Å². The van der Waals surface area contributed by atoms with Crippen molar-refractivity contribution < 1.29 is 18.9 Å². The molecule has 3 rings (SSSR count). The van der Waals surface area contributed by atoms with Gasteiger partial charge in [0.1, 0.15) is 11.4 Å². The SMILES string of the molecule is Cc1ccc(NC(=O)CSc2nnc(COc3ccc(C)c(C)c3)o2)c([N+](=O)[O-])c1. The average molecular weight is 428 g/mol. The summed E-state index contributed by atoms with van der Waals surface area (Å²) < 4.78 is 11.1. The number of nitrogens with one attached hydrogen (secondary N) is 1. The highest BCUT2D eigenvalue weighted by molar-refractivity contribution is 7.99. The Morgan fingerprint density at radius 1 is 1.17 bits per heavy atom. The number of ether oxygens (including phenoxy) is 1. The zero-order chi connectivity index (χ0) is 21.7. The number of benzene rings is 2. The molecule has 2 aromatic carbocycles. The average Bonchev–Trinajstić information content (AvgIpc) is 3.16. The second-order valence-electron chi connectivity index (χ2n) is 6.61. The summed E-state index contributed by atoms with van der Waals surface area (Å²) in [5.74, 6) is 0.526. The van der Waals surface area contributed by atoms with E-state index >= 15 is 0 Å². The van der Waals surface area contributed by atoms with Crippen LogP contribution in [0.25, 0.3) is 0 Å². The molecule has 0 atom stereocenters. The molecule has 0 bridgehead atoms. The van der Waals surface area contributed by atoms with E-state index in [0.29, 0.717) is 5.75 Å². The minimum Gasteiger partial charge on any atom is -0.484 e. The highest BCUT2D eigenvalue weighted by Crippen LogP contribution is 2.26. The first-order valence-electron chi connectivity index (χ1n) is 9.02. The second kappa shape index (κ2) is 9.40. The lowest BCUT2D eigenvalue weighted by atomic mass is 10.1. The van der Waals surface area contributed by atoms with Gasteiger partial charge in [0, 0.05) is 6.07 Å². The van der Waals surface area contributed by atoms with Gasteiger partial charge in [0.25, 0.3) is 16.8 Å². The van der Waals surface area contributed by atoms with Gasteiger partial charge in [-0.25, -0.2) is 0 Å². The van der Waals surface area contributed by atoms with Gasteiger partial charge >= 0.3 is 0 Å². The topological polar surface area (TPSA) is 120 Å². The third-order valence-electron chi connectivity index (χ3n) is 4.24. The number of carbonyl (C=O) groups is 1. The molecule has 0 spiro atoms. The molecule has 0 saturated carbocycles. The number of amides is 1. The van der Waals surface area contributed by atoms with Crippen molar-refractivity contribution in [1.29, 1.82) is 0 Å². The quantitative estimate of drug-likeness (QED) is 0.322. The molecule has 1 heterocycles. The monoisotopic (exact) mass is 428 g/mol. The van der Waals surface area contributed by atoms with Crippen LogP contribution in [0.4, 0.5) is 11.4 Å². The summed E-state index contributed by atoms with van der Waals surface area (Å²) in [5.41, 5.74) is 3.01. The van der Waals surface area contributed by atoms with Gasteiger partial charge in [-0.05, 0) is 55.7 Å². The maximum atomic E-state index is 12.2. The van der Waals surface area contributed by atoms with Gasteiger partial charge in [-0.15, -0.1) is 10.2 Å². The van der Waals surface area contributed by atoms with Gasteiger partial charge in [-0.2, -0.15) is 0 Å². The van der Waals surface area contributed by atoms with Crippen molar-refractivity contribution in [3.05, 3.63) is 69.1 Å². The molecule has 156 valence electrons. The van der Waals surface area contributed by atoms with Crippen molar-refractivity contribution in [3.8, 4) is 5.75 Å². The molecule has 1 amide bonds. The van der Waals surface area contributed by atoms with E-state index in [1.165, 1.54) is 17.7 Å². The fourth-order valence-electron chi connectivity index (χ4n) is 2.52. The number of aromatic nitrogens is 2. The summed E-state index contributed by atoms with van der Waals surface area (Å²) in [6.45, 7) is 5.87. The minimum absolute atomic E-state index is 0.0370. The van der Waals surface area contributed by atoms with Crippen LogP contribution in [0, 0.1) is 30.9 Å². The Morgan fingerprint density at radius 3 is 2.70 bits per heavy atom. The number of hydrogen-bond donors (Lipinski definition) is 1. The lowest BCUT2D eigenvalue weighted by Crippen LogP contribution is -2.15. The van der Waals surface area contributed by atoms with E-state index in [4.69, 9.17) is 9.15 Å². The maximum Gasteiger partial charge on any atom is 0.293 e. The van der Waals surface area contributed by atoms with Gasteiger partial charge in [0.05, 0.1) is 10.7 Å². The molecule has 3 aromatic rings. The molecule has 0 radical (unpaired) electrons. The number of rotatable bonds is 8. The molecule has 0 saturated heterocycles. The highest BCUT2D eigenvalue weighted by Gasteiger charge is 2.17. The van der Waals surface area contributed by atoms with E-state index in [1.807, 2.05) is 32.0 Å². The van der Waals surface area contributed by atoms with Gasteiger partial charge in [0.2, 0.25) is 5.91 Å². The molecule has 1 N–H and O–H groups in total. The predicted molar refractivity (Wildman–Crippen MR) is 112 cm³/mol. The van der Waals surface area contributed by atoms with Gasteiger partial charge in [-0.1, -0.05) is 23.9 Å². The number of anilines is 1. The molecule has 0 aliphatic heterocycles. The van der Waals surface area contributed by atoms with Crippen LogP contribution >= 0.6 is 11.8 Å². The minimum atomic E-state index is -0.532. The van der Waals surface area contributed by atoms with Crippen molar-refractivity contribution in [2.45, 2.75) is 32.6 Å². The molecule has 1 aromatic heterocycles. The first kappa shape index (κ1) is 21.3. The van der Waals surface area contributed by atoms with Crippen molar-refractivity contribution in [2.24, 2.45) is 0 Å². The first-order chi connectivity index (χ1) is 14.3. The van der Waals surface area contributed by atoms with Crippen LogP contribution in [0.15, 0.2) is 46.0 Å². The number of nitro groups is 1. The molecular weight excluding hydrogens is 408 g/mol. The van der Waals surface area contributed by atoms with Crippen LogP contribution < -0.4 is 10.1 Å². The Kier molecular flexibility index (Phi) is 6.68. The number of nitro benzene ring substituents is 1. The molecular formula is C20H20N4O5S. The Labute approximate surface area is 177 Å². The second-order valence-corrected chi connectivity index (χ2v) is 7.54. The molecule has 9 nitrogen and oxygen atoms in total. The molecule has 0 fully saturated rings. The van der Waals surface area contributed by atoms with Crippen LogP contribution in [0.5, 0.6) is 5.75 Å². The molecule has 30 heavy (non-hydrogen) atoms. The number of nitrogens with zero attached hydrogens (tertiary/aromatic N) is 3. The zero-order valence-electron chi connectivity index (χ0n) is 16.7. The van der Waals surface area contributed by atoms with E-state index in [9.17, 15) is 14.9 Å². The summed E-state index contributed by atoms with van der Waals surface area (Å²) in [6.07, 6.45) is 0. The van der Waals surface area contributed by atoms with Crippen LogP contribution in [0.3, 0.4) is 0 Å². The third kappa shape index (κ3) is 5.57. The highest BCUT2D eigenvalue weighted by atomic mass is 32.2. The number of aryl methyl sites for hydroxylation is 3. The fourth-order valence-corrected chi connectivity index (χ4v) is 3.10. The summed E-state index contributed by atoms with van der Waals surface area (Å²) in [5, 5.41) is 21.7. The first-order valence-corrected chi connectivity index (χ1v) is 10.0. The summed E-state index contributed by atoms with van der Waals surface area (Å²) in [6, 6.07) is 10.4. The fraction of sp³-hybridized carbons (Fsp3) is 0.250. The lowest BCUT2D eigenvalue weighted by molar-refractivity contribution is -0.384. The Hall–Kier alpha value is -3.40. The number of hydrogen-bond acceptors (Lipinski definition) is 8. The van der Waals surface area contributed by atoms with E-state index in [1.54, 1.807) is 13.0 Å². The van der Waals surface area contributed by atoms with Crippen molar-refractivity contribution >= 4 is 29.0 Å². The molecule has 0 aliphatic rings. The summed E-state index contributed by atoms with van der Waals surface area (Å²) >= 11 is 1.03. The summed E-state index contributed by atoms with van der Waals surface area (Å²) in [7, 11) is 0. The largest absolute Gasteiger partial charge is 0.484 e. The predicted octanol–water partition coefficient (Wildman–Crippen LogP) is 4.21. The van der Waals surface area contributed by atoms with Gasteiger partial charge in [-0.3, -0.25) is 14.9 Å². The van der Waals surface area contributed by atoms with Crippen LogP contribution in [-0.2, 0) is 11.4 Å². The van der Waals surface area contributed by atoms with E-state index in [0.717, 1.165) is 22.9 Å². The third-order valence-corrected chi connectivity index (χ3v) is 5.06. The maximum absolute atomic E-state index is 12.2. The Morgan fingerprint density at radius 2 is 1.97 bits per heavy atom. The number of thioether (sulfide) groups is 1. The lowest BCUT2D eigenvalue weighted by Gasteiger charge is -2.06. The van der Waals surface area contributed by atoms with Crippen LogP contribution in [0.2, 0.25) is 0 Å². The van der Waals surface area contributed by atoms with E-state index in [-0.39, 0.29) is 34.8 Å². The molecule has 0 aliphatic carbocycles. The Bertz CT molecular complexity index is 1080. The van der Waals surface area contributed by atoms with Gasteiger partial charge in [0.15, 0.2) is 6.61 Å². The van der Waals surface area contributed by atoms with E-state index < -0.39 is 10.8 Å². The molecule has 10 heteroatoms. The zero-order valence-corrected chi connectivity index (χ0v) is 17.5. The Balaban J connectivity index is 1.52. The van der Waals surface area contributed by atoms with Crippen molar-refractivity contribution in [3.63, 3.8) is 0 Å². The van der Waals surface area contributed by atoms with Gasteiger partial charge < -0.3 is 14.5 Å².